The second-order valence-electron chi connectivity index (χ2n) is 5.29. The summed E-state index contributed by atoms with van der Waals surface area (Å²) in [6.07, 6.45) is 1.59. The Bertz CT molecular complexity index is 680. The van der Waals surface area contributed by atoms with Gasteiger partial charge < -0.3 is 10.5 Å². The number of carbonyl (C=O) groups excluding carboxylic acids is 1. The summed E-state index contributed by atoms with van der Waals surface area (Å²) in [5.41, 5.74) is 9.29. The zero-order valence-electron chi connectivity index (χ0n) is 11.6. The topological polar surface area (TPSA) is 52.3 Å². The molecule has 0 radical (unpaired) electrons. The number of anilines is 1. The number of fused-ring (bicyclic) bond motifs is 1. The van der Waals surface area contributed by atoms with Crippen LogP contribution in [0.4, 0.5) is 5.69 Å². The third-order valence-corrected chi connectivity index (χ3v) is 3.81. The zero-order valence-corrected chi connectivity index (χ0v) is 12.3. The normalized spacial score (nSPS) is 12.8. The van der Waals surface area contributed by atoms with Crippen LogP contribution < -0.4 is 10.5 Å². The monoisotopic (exact) mass is 301 g/mol. The Kier molecular flexibility index (Phi) is 3.84. The Morgan fingerprint density at radius 1 is 1.19 bits per heavy atom. The molecule has 108 valence electrons. The van der Waals surface area contributed by atoms with Gasteiger partial charge in [0.2, 0.25) is 0 Å². The van der Waals surface area contributed by atoms with Gasteiger partial charge in [0.1, 0.15) is 11.5 Å². The Balaban J connectivity index is 1.75. The smallest absolute Gasteiger partial charge is 0.141 e. The van der Waals surface area contributed by atoms with Crippen molar-refractivity contribution in [1.82, 2.24) is 0 Å². The fourth-order valence-electron chi connectivity index (χ4n) is 2.62. The maximum atomic E-state index is 12.2. The molecule has 3 nitrogen and oxygen atoms in total. The number of nitrogens with two attached hydrogens (primary N) is 1. The zero-order chi connectivity index (χ0) is 14.8. The molecule has 2 N–H and O–H groups in total. The molecule has 4 heteroatoms. The number of halogens is 1. The molecule has 1 aliphatic rings. The van der Waals surface area contributed by atoms with Gasteiger partial charge in [-0.3, -0.25) is 4.79 Å². The first-order chi connectivity index (χ1) is 10.1. The van der Waals surface area contributed by atoms with Gasteiger partial charge in [-0.25, -0.2) is 0 Å². The van der Waals surface area contributed by atoms with Gasteiger partial charge in [-0.15, -0.1) is 0 Å². The van der Waals surface area contributed by atoms with Gasteiger partial charge in [0.25, 0.3) is 0 Å². The summed E-state index contributed by atoms with van der Waals surface area (Å²) in [6, 6.07) is 11.1. The molecular weight excluding hydrogens is 286 g/mol. The number of hydrogen-bond donors (Lipinski definition) is 1. The highest BCUT2D eigenvalue weighted by Crippen LogP contribution is 2.33. The quantitative estimate of drug-likeness (QED) is 0.882. The van der Waals surface area contributed by atoms with E-state index in [1.165, 1.54) is 0 Å². The van der Waals surface area contributed by atoms with Crippen LogP contribution in [0.3, 0.4) is 0 Å². The van der Waals surface area contributed by atoms with Crippen LogP contribution in [0, 0.1) is 0 Å². The molecule has 2 aromatic rings. The largest absolute Gasteiger partial charge is 0.493 e. The maximum Gasteiger partial charge on any atom is 0.141 e. The summed E-state index contributed by atoms with van der Waals surface area (Å²) in [5, 5.41) is 0.662. The Labute approximate surface area is 128 Å². The van der Waals surface area contributed by atoms with E-state index in [1.54, 1.807) is 0 Å². The van der Waals surface area contributed by atoms with Crippen molar-refractivity contribution >= 4 is 23.1 Å². The molecule has 0 amide bonds. The van der Waals surface area contributed by atoms with E-state index in [4.69, 9.17) is 22.1 Å². The van der Waals surface area contributed by atoms with Crippen molar-refractivity contribution in [1.29, 1.82) is 0 Å². The molecule has 0 saturated heterocycles. The molecule has 0 atom stereocenters. The lowest BCUT2D eigenvalue weighted by molar-refractivity contribution is -0.117. The number of nitrogen functional groups attached to an aromatic ring is 1. The van der Waals surface area contributed by atoms with E-state index in [-0.39, 0.29) is 5.78 Å². The highest BCUT2D eigenvalue weighted by molar-refractivity contribution is 6.30. The standard InChI is InChI=1S/C17H16ClNO2/c18-14-8-12-5-6-21-17(12)13(9-14)10-16(20)7-11-1-3-15(19)4-2-11/h1-4,8-9H,5-7,10,19H2. The molecule has 2 aromatic carbocycles. The molecule has 1 aliphatic heterocycles. The lowest BCUT2D eigenvalue weighted by atomic mass is 10.00. The van der Waals surface area contributed by atoms with E-state index in [1.807, 2.05) is 36.4 Å². The number of rotatable bonds is 4. The van der Waals surface area contributed by atoms with Gasteiger partial charge in [-0.1, -0.05) is 23.7 Å². The minimum Gasteiger partial charge on any atom is -0.493 e. The first kappa shape index (κ1) is 14.0. The number of ketones is 1. The maximum absolute atomic E-state index is 12.2. The van der Waals surface area contributed by atoms with Crippen LogP contribution in [0.2, 0.25) is 5.02 Å². The number of benzene rings is 2. The second-order valence-corrected chi connectivity index (χ2v) is 5.72. The predicted octanol–water partition coefficient (Wildman–Crippen LogP) is 3.21. The van der Waals surface area contributed by atoms with Crippen LogP contribution in [0.15, 0.2) is 36.4 Å². The molecule has 0 saturated carbocycles. The van der Waals surface area contributed by atoms with E-state index in [0.717, 1.165) is 28.9 Å². The van der Waals surface area contributed by atoms with Crippen LogP contribution in [-0.4, -0.2) is 12.4 Å². The van der Waals surface area contributed by atoms with Gasteiger partial charge in [-0.05, 0) is 35.4 Å². The summed E-state index contributed by atoms with van der Waals surface area (Å²) >= 11 is 6.11. The van der Waals surface area contributed by atoms with E-state index in [9.17, 15) is 4.79 Å². The number of hydrogen-bond acceptors (Lipinski definition) is 3. The first-order valence-electron chi connectivity index (χ1n) is 6.92. The Morgan fingerprint density at radius 3 is 2.71 bits per heavy atom. The SMILES string of the molecule is Nc1ccc(CC(=O)Cc2cc(Cl)cc3c2OCC3)cc1. The fourth-order valence-corrected chi connectivity index (χ4v) is 2.88. The first-order valence-corrected chi connectivity index (χ1v) is 7.30. The summed E-state index contributed by atoms with van der Waals surface area (Å²) in [5.74, 6) is 0.977. The Morgan fingerprint density at radius 2 is 1.95 bits per heavy atom. The molecule has 21 heavy (non-hydrogen) atoms. The predicted molar refractivity (Wildman–Crippen MR) is 83.9 cm³/mol. The van der Waals surface area contributed by atoms with E-state index in [0.29, 0.717) is 30.2 Å². The van der Waals surface area contributed by atoms with Crippen molar-refractivity contribution in [2.45, 2.75) is 19.3 Å². The van der Waals surface area contributed by atoms with Crippen molar-refractivity contribution < 1.29 is 9.53 Å². The van der Waals surface area contributed by atoms with Crippen LogP contribution in [0.5, 0.6) is 5.75 Å². The molecule has 0 spiro atoms. The van der Waals surface area contributed by atoms with Crippen LogP contribution in [0.25, 0.3) is 0 Å². The van der Waals surface area contributed by atoms with Crippen molar-refractivity contribution in [3.05, 3.63) is 58.1 Å². The van der Waals surface area contributed by atoms with E-state index >= 15 is 0 Å². The molecule has 1 heterocycles. The van der Waals surface area contributed by atoms with Gasteiger partial charge in [0.15, 0.2) is 0 Å². The molecule has 0 aromatic heterocycles. The van der Waals surface area contributed by atoms with Gasteiger partial charge in [-0.2, -0.15) is 0 Å². The van der Waals surface area contributed by atoms with Crippen molar-refractivity contribution in [2.75, 3.05) is 12.3 Å². The van der Waals surface area contributed by atoms with E-state index in [2.05, 4.69) is 0 Å². The third-order valence-electron chi connectivity index (χ3n) is 3.59. The fraction of sp³-hybridized carbons (Fsp3) is 0.235. The van der Waals surface area contributed by atoms with Crippen molar-refractivity contribution in [2.24, 2.45) is 0 Å². The minimum atomic E-state index is 0.139. The van der Waals surface area contributed by atoms with Crippen LogP contribution in [-0.2, 0) is 24.1 Å². The number of ether oxygens (including phenoxy) is 1. The molecular formula is C17H16ClNO2. The third kappa shape index (κ3) is 3.19. The van der Waals surface area contributed by atoms with Gasteiger partial charge in [0, 0.05) is 35.5 Å². The highest BCUT2D eigenvalue weighted by atomic mass is 35.5. The Hall–Kier alpha value is -2.00. The summed E-state index contributed by atoms with van der Waals surface area (Å²) in [6.45, 7) is 0.662. The van der Waals surface area contributed by atoms with Crippen LogP contribution >= 0.6 is 11.6 Å². The highest BCUT2D eigenvalue weighted by Gasteiger charge is 2.19. The second kappa shape index (κ2) is 5.78. The molecule has 0 fully saturated rings. The number of carbonyl (C=O) groups is 1. The average molecular weight is 302 g/mol. The lowest BCUT2D eigenvalue weighted by Crippen LogP contribution is -2.07. The summed E-state index contributed by atoms with van der Waals surface area (Å²) < 4.78 is 5.62. The van der Waals surface area contributed by atoms with E-state index < -0.39 is 0 Å². The molecule has 0 unspecified atom stereocenters. The average Bonchev–Trinajstić information content (AvgIpc) is 2.89. The summed E-state index contributed by atoms with van der Waals surface area (Å²) in [4.78, 5) is 12.2. The van der Waals surface area contributed by atoms with Crippen molar-refractivity contribution in [3.63, 3.8) is 0 Å². The van der Waals surface area contributed by atoms with Gasteiger partial charge in [0.05, 0.1) is 6.61 Å². The molecule has 3 rings (SSSR count). The van der Waals surface area contributed by atoms with Gasteiger partial charge >= 0.3 is 0 Å². The van der Waals surface area contributed by atoms with Crippen LogP contribution in [0.1, 0.15) is 16.7 Å². The molecule has 0 bridgehead atoms. The lowest BCUT2D eigenvalue weighted by Gasteiger charge is -2.08. The number of Topliss-reactive ketones (excluding diaryl/α,β-unsaturated/α-hetero) is 1. The van der Waals surface area contributed by atoms with Crippen molar-refractivity contribution in [3.8, 4) is 5.75 Å². The molecule has 0 aliphatic carbocycles. The summed E-state index contributed by atoms with van der Waals surface area (Å²) in [7, 11) is 0. The minimum absolute atomic E-state index is 0.139.